The Morgan fingerprint density at radius 2 is 2.00 bits per heavy atom. The minimum atomic E-state index is -0.534. The fourth-order valence-corrected chi connectivity index (χ4v) is 1.39. The second-order valence-electron chi connectivity index (χ2n) is 3.75. The molecule has 0 amide bonds. The molecule has 0 aliphatic rings. The van der Waals surface area contributed by atoms with Crippen molar-refractivity contribution in [2.75, 3.05) is 0 Å². The van der Waals surface area contributed by atoms with Crippen molar-refractivity contribution in [1.82, 2.24) is 0 Å². The average Bonchev–Trinajstić information content (AvgIpc) is 2.28. The van der Waals surface area contributed by atoms with E-state index < -0.39 is 4.92 Å². The van der Waals surface area contributed by atoms with Gasteiger partial charge in [0, 0.05) is 23.6 Å². The zero-order valence-corrected chi connectivity index (χ0v) is 9.73. The summed E-state index contributed by atoms with van der Waals surface area (Å²) in [6.07, 6.45) is 0.0937. The number of ketones is 2. The van der Waals surface area contributed by atoms with Crippen LogP contribution in [0.2, 0.25) is 0 Å². The first kappa shape index (κ1) is 13.0. The predicted octanol–water partition coefficient (Wildman–Crippen LogP) is 2.46. The topological polar surface area (TPSA) is 77.3 Å². The zero-order valence-electron chi connectivity index (χ0n) is 9.73. The highest BCUT2D eigenvalue weighted by atomic mass is 16.6. The van der Waals surface area contributed by atoms with Crippen LogP contribution in [0.4, 0.5) is 5.69 Å². The molecule has 0 atom stereocenters. The summed E-state index contributed by atoms with van der Waals surface area (Å²) in [6, 6.07) is 4.25. The Bertz CT molecular complexity index is 479. The summed E-state index contributed by atoms with van der Waals surface area (Å²) >= 11 is 0. The minimum Gasteiger partial charge on any atom is -0.299 e. The third kappa shape index (κ3) is 3.21. The molecule has 0 aliphatic heterocycles. The van der Waals surface area contributed by atoms with Gasteiger partial charge < -0.3 is 0 Å². The van der Waals surface area contributed by atoms with E-state index in [2.05, 4.69) is 0 Å². The molecule has 17 heavy (non-hydrogen) atoms. The van der Waals surface area contributed by atoms with Crippen LogP contribution < -0.4 is 0 Å². The largest absolute Gasteiger partial charge is 0.299 e. The van der Waals surface area contributed by atoms with Gasteiger partial charge in [-0.25, -0.2) is 0 Å². The first-order valence-electron chi connectivity index (χ1n) is 5.25. The Hall–Kier alpha value is -2.04. The number of carbonyl (C=O) groups is 2. The van der Waals surface area contributed by atoms with Crippen molar-refractivity contribution >= 4 is 17.3 Å². The summed E-state index contributed by atoms with van der Waals surface area (Å²) in [5, 5.41) is 10.7. The van der Waals surface area contributed by atoms with Crippen molar-refractivity contribution in [3.8, 4) is 0 Å². The number of aryl methyl sites for hydroxylation is 1. The Morgan fingerprint density at radius 1 is 1.35 bits per heavy atom. The first-order valence-corrected chi connectivity index (χ1v) is 5.25. The molecule has 0 N–H and O–H groups in total. The molecule has 0 saturated heterocycles. The van der Waals surface area contributed by atoms with Crippen molar-refractivity contribution in [1.29, 1.82) is 0 Å². The third-order valence-corrected chi connectivity index (χ3v) is 2.48. The van der Waals surface area contributed by atoms with E-state index in [1.54, 1.807) is 13.8 Å². The summed E-state index contributed by atoms with van der Waals surface area (Å²) < 4.78 is 0. The van der Waals surface area contributed by atoms with E-state index in [4.69, 9.17) is 0 Å². The SMILES string of the molecule is CCC(=O)CC(=O)c1ccc(C)c([N+](=O)[O-])c1. The highest BCUT2D eigenvalue weighted by molar-refractivity contribution is 6.08. The number of carbonyl (C=O) groups excluding carboxylic acids is 2. The van der Waals surface area contributed by atoms with E-state index in [0.29, 0.717) is 12.0 Å². The van der Waals surface area contributed by atoms with Gasteiger partial charge in [0.05, 0.1) is 11.3 Å². The molecule has 90 valence electrons. The van der Waals surface area contributed by atoms with Crippen molar-refractivity contribution in [3.05, 3.63) is 39.4 Å². The quantitative estimate of drug-likeness (QED) is 0.340. The van der Waals surface area contributed by atoms with Gasteiger partial charge in [0.15, 0.2) is 5.78 Å². The number of hydrogen-bond acceptors (Lipinski definition) is 4. The summed E-state index contributed by atoms with van der Waals surface area (Å²) in [6.45, 7) is 3.27. The molecule has 1 aromatic carbocycles. The van der Waals surface area contributed by atoms with Crippen LogP contribution in [0.15, 0.2) is 18.2 Å². The van der Waals surface area contributed by atoms with Crippen molar-refractivity contribution in [3.63, 3.8) is 0 Å². The maximum absolute atomic E-state index is 11.7. The summed E-state index contributed by atoms with van der Waals surface area (Å²) in [4.78, 5) is 33.0. The third-order valence-electron chi connectivity index (χ3n) is 2.48. The molecule has 5 nitrogen and oxygen atoms in total. The van der Waals surface area contributed by atoms with Gasteiger partial charge in [-0.15, -0.1) is 0 Å². The molecule has 0 saturated carbocycles. The fourth-order valence-electron chi connectivity index (χ4n) is 1.39. The lowest BCUT2D eigenvalue weighted by atomic mass is 10.0. The van der Waals surface area contributed by atoms with Crippen LogP contribution in [0.5, 0.6) is 0 Å². The predicted molar refractivity (Wildman–Crippen MR) is 62.1 cm³/mol. The molecule has 5 heteroatoms. The number of nitrogens with zero attached hydrogens (tertiary/aromatic N) is 1. The van der Waals surface area contributed by atoms with Crippen LogP contribution in [0.3, 0.4) is 0 Å². The maximum Gasteiger partial charge on any atom is 0.273 e. The molecular weight excluding hydrogens is 222 g/mol. The first-order chi connectivity index (χ1) is 7.95. The molecule has 0 unspecified atom stereocenters. The molecule has 0 spiro atoms. The lowest BCUT2D eigenvalue weighted by Crippen LogP contribution is -2.07. The van der Waals surface area contributed by atoms with E-state index >= 15 is 0 Å². The monoisotopic (exact) mass is 235 g/mol. The van der Waals surface area contributed by atoms with E-state index in [-0.39, 0.29) is 29.2 Å². The molecule has 0 fully saturated rings. The number of nitro benzene ring substituents is 1. The average molecular weight is 235 g/mol. The summed E-state index contributed by atoms with van der Waals surface area (Å²) in [5.74, 6) is -0.543. The number of rotatable bonds is 5. The summed E-state index contributed by atoms with van der Waals surface area (Å²) in [7, 11) is 0. The van der Waals surface area contributed by atoms with Gasteiger partial charge in [-0.2, -0.15) is 0 Å². The van der Waals surface area contributed by atoms with E-state index in [1.165, 1.54) is 18.2 Å². The summed E-state index contributed by atoms with van der Waals surface area (Å²) in [5.41, 5.74) is 0.609. The van der Waals surface area contributed by atoms with Gasteiger partial charge in [0.25, 0.3) is 5.69 Å². The second-order valence-corrected chi connectivity index (χ2v) is 3.75. The molecule has 0 aliphatic carbocycles. The molecule has 0 radical (unpaired) electrons. The van der Waals surface area contributed by atoms with Crippen LogP contribution >= 0.6 is 0 Å². The van der Waals surface area contributed by atoms with E-state index in [0.717, 1.165) is 0 Å². The molecule has 0 heterocycles. The smallest absolute Gasteiger partial charge is 0.273 e. The molecule has 0 bridgehead atoms. The van der Waals surface area contributed by atoms with Gasteiger partial charge in [0.1, 0.15) is 5.78 Å². The van der Waals surface area contributed by atoms with Gasteiger partial charge in [-0.05, 0) is 6.92 Å². The lowest BCUT2D eigenvalue weighted by molar-refractivity contribution is -0.385. The molecule has 0 aromatic heterocycles. The maximum atomic E-state index is 11.7. The number of benzene rings is 1. The highest BCUT2D eigenvalue weighted by Gasteiger charge is 2.16. The van der Waals surface area contributed by atoms with Crippen molar-refractivity contribution in [2.45, 2.75) is 26.7 Å². The number of nitro groups is 1. The van der Waals surface area contributed by atoms with Crippen LogP contribution in [0.25, 0.3) is 0 Å². The van der Waals surface area contributed by atoms with Crippen LogP contribution in [0, 0.1) is 17.0 Å². The Morgan fingerprint density at radius 3 is 2.53 bits per heavy atom. The Kier molecular flexibility index (Phi) is 4.09. The van der Waals surface area contributed by atoms with Crippen molar-refractivity contribution in [2.24, 2.45) is 0 Å². The van der Waals surface area contributed by atoms with Crippen LogP contribution in [0.1, 0.15) is 35.7 Å². The Balaban J connectivity index is 3.00. The van der Waals surface area contributed by atoms with E-state index in [9.17, 15) is 19.7 Å². The molecule has 1 rings (SSSR count). The lowest BCUT2D eigenvalue weighted by Gasteiger charge is -2.01. The highest BCUT2D eigenvalue weighted by Crippen LogP contribution is 2.20. The van der Waals surface area contributed by atoms with Crippen LogP contribution in [-0.2, 0) is 4.79 Å². The van der Waals surface area contributed by atoms with Gasteiger partial charge in [-0.3, -0.25) is 19.7 Å². The van der Waals surface area contributed by atoms with Crippen LogP contribution in [-0.4, -0.2) is 16.5 Å². The Labute approximate surface area is 98.6 Å². The van der Waals surface area contributed by atoms with Crippen molar-refractivity contribution < 1.29 is 14.5 Å². The minimum absolute atomic E-state index is 0.0974. The molecular formula is C12H13NO4. The normalized spacial score (nSPS) is 10.0. The zero-order chi connectivity index (χ0) is 13.0. The standard InChI is InChI=1S/C12H13NO4/c1-3-10(14)7-12(15)9-5-4-8(2)11(6-9)13(16)17/h4-6H,3,7H2,1-2H3. The van der Waals surface area contributed by atoms with Gasteiger partial charge >= 0.3 is 0 Å². The van der Waals surface area contributed by atoms with Gasteiger partial charge in [-0.1, -0.05) is 19.1 Å². The van der Waals surface area contributed by atoms with Gasteiger partial charge in [0.2, 0.25) is 0 Å². The molecule has 1 aromatic rings. The van der Waals surface area contributed by atoms with E-state index in [1.807, 2.05) is 0 Å². The number of Topliss-reactive ketones (excluding diaryl/α,β-unsaturated/α-hetero) is 2. The fraction of sp³-hybridized carbons (Fsp3) is 0.333. The number of hydrogen-bond donors (Lipinski definition) is 0. The second kappa shape index (κ2) is 5.34.